The molecule has 0 aliphatic heterocycles. The fourth-order valence-electron chi connectivity index (χ4n) is 1.69. The molecular formula is C14H22FN. The number of hydrogen-bond donors (Lipinski definition) is 1. The first kappa shape index (κ1) is 13.2. The van der Waals surface area contributed by atoms with Crippen LogP contribution in [0.15, 0.2) is 24.3 Å². The van der Waals surface area contributed by atoms with Gasteiger partial charge in [0.15, 0.2) is 0 Å². The third kappa shape index (κ3) is 5.26. The molecule has 0 aromatic heterocycles. The van der Waals surface area contributed by atoms with E-state index in [2.05, 4.69) is 20.8 Å². The highest BCUT2D eigenvalue weighted by atomic mass is 19.1. The van der Waals surface area contributed by atoms with Gasteiger partial charge in [0.25, 0.3) is 0 Å². The van der Waals surface area contributed by atoms with Crippen LogP contribution in [0, 0.1) is 11.2 Å². The average molecular weight is 223 g/mol. The summed E-state index contributed by atoms with van der Waals surface area (Å²) >= 11 is 0. The van der Waals surface area contributed by atoms with E-state index in [1.54, 1.807) is 12.1 Å². The lowest BCUT2D eigenvalue weighted by atomic mass is 9.87. The monoisotopic (exact) mass is 223 g/mol. The Balaban J connectivity index is 2.43. The van der Waals surface area contributed by atoms with E-state index in [9.17, 15) is 4.39 Å². The lowest BCUT2D eigenvalue weighted by Gasteiger charge is -2.20. The van der Waals surface area contributed by atoms with Gasteiger partial charge in [0.05, 0.1) is 0 Å². The zero-order valence-electron chi connectivity index (χ0n) is 10.5. The van der Waals surface area contributed by atoms with Gasteiger partial charge in [-0.2, -0.15) is 0 Å². The summed E-state index contributed by atoms with van der Waals surface area (Å²) < 4.78 is 13.0. The summed E-state index contributed by atoms with van der Waals surface area (Å²) in [5.74, 6) is -0.180. The van der Waals surface area contributed by atoms with Crippen molar-refractivity contribution < 1.29 is 4.39 Å². The third-order valence-corrected chi connectivity index (χ3v) is 2.65. The second-order valence-corrected chi connectivity index (χ2v) is 5.69. The van der Waals surface area contributed by atoms with Crippen LogP contribution in [0.5, 0.6) is 0 Å². The Kier molecular flexibility index (Phi) is 4.48. The van der Waals surface area contributed by atoms with Crippen LogP contribution in [0.3, 0.4) is 0 Å². The van der Waals surface area contributed by atoms with Crippen molar-refractivity contribution in [2.24, 2.45) is 11.1 Å². The van der Waals surface area contributed by atoms with Crippen molar-refractivity contribution in [3.05, 3.63) is 35.6 Å². The molecular weight excluding hydrogens is 201 g/mol. The van der Waals surface area contributed by atoms with Gasteiger partial charge in [0.2, 0.25) is 0 Å². The Bertz CT molecular complexity index is 328. The first-order valence-corrected chi connectivity index (χ1v) is 5.87. The van der Waals surface area contributed by atoms with E-state index in [1.165, 1.54) is 6.07 Å². The summed E-state index contributed by atoms with van der Waals surface area (Å²) in [4.78, 5) is 0. The smallest absolute Gasteiger partial charge is 0.123 e. The molecule has 0 amide bonds. The van der Waals surface area contributed by atoms with Crippen molar-refractivity contribution in [3.8, 4) is 0 Å². The van der Waals surface area contributed by atoms with Crippen LogP contribution in [0.4, 0.5) is 4.39 Å². The maximum Gasteiger partial charge on any atom is 0.123 e. The van der Waals surface area contributed by atoms with Crippen molar-refractivity contribution in [1.29, 1.82) is 0 Å². The Hall–Kier alpha value is -0.890. The van der Waals surface area contributed by atoms with Gasteiger partial charge < -0.3 is 5.73 Å². The minimum Gasteiger partial charge on any atom is -0.327 e. The molecule has 0 saturated heterocycles. The molecule has 90 valence electrons. The van der Waals surface area contributed by atoms with Crippen molar-refractivity contribution in [2.45, 2.75) is 46.1 Å². The molecule has 2 N–H and O–H groups in total. The first-order valence-electron chi connectivity index (χ1n) is 5.87. The molecule has 0 spiro atoms. The van der Waals surface area contributed by atoms with E-state index in [0.717, 1.165) is 24.8 Å². The Morgan fingerprint density at radius 2 is 2.00 bits per heavy atom. The van der Waals surface area contributed by atoms with Gasteiger partial charge in [-0.3, -0.25) is 0 Å². The largest absolute Gasteiger partial charge is 0.327 e. The number of nitrogens with two attached hydrogens (primary N) is 1. The van der Waals surface area contributed by atoms with Gasteiger partial charge >= 0.3 is 0 Å². The molecule has 0 bridgehead atoms. The molecule has 16 heavy (non-hydrogen) atoms. The van der Waals surface area contributed by atoms with Gasteiger partial charge in [-0.05, 0) is 42.4 Å². The molecule has 1 unspecified atom stereocenters. The number of hydrogen-bond acceptors (Lipinski definition) is 1. The molecule has 1 rings (SSSR count). The molecule has 1 aromatic rings. The molecule has 1 atom stereocenters. The van der Waals surface area contributed by atoms with Crippen LogP contribution in [0.2, 0.25) is 0 Å². The molecule has 2 heteroatoms. The Morgan fingerprint density at radius 3 is 2.56 bits per heavy atom. The second-order valence-electron chi connectivity index (χ2n) is 5.69. The van der Waals surface area contributed by atoms with E-state index in [4.69, 9.17) is 5.73 Å². The second kappa shape index (κ2) is 5.44. The highest BCUT2D eigenvalue weighted by molar-refractivity contribution is 5.17. The molecule has 0 radical (unpaired) electrons. The maximum atomic E-state index is 13.0. The highest BCUT2D eigenvalue weighted by Gasteiger charge is 2.13. The topological polar surface area (TPSA) is 26.0 Å². The minimum atomic E-state index is -0.180. The van der Waals surface area contributed by atoms with E-state index in [1.807, 2.05) is 6.07 Å². The fourth-order valence-corrected chi connectivity index (χ4v) is 1.69. The quantitative estimate of drug-likeness (QED) is 0.830. The van der Waals surface area contributed by atoms with Crippen LogP contribution < -0.4 is 5.73 Å². The van der Waals surface area contributed by atoms with Crippen LogP contribution in [0.1, 0.15) is 39.2 Å². The highest BCUT2D eigenvalue weighted by Crippen LogP contribution is 2.22. The molecule has 0 heterocycles. The molecule has 0 aliphatic carbocycles. The predicted molar refractivity (Wildman–Crippen MR) is 66.8 cm³/mol. The molecule has 1 nitrogen and oxygen atoms in total. The Morgan fingerprint density at radius 1 is 1.31 bits per heavy atom. The minimum absolute atomic E-state index is 0.126. The normalized spacial score (nSPS) is 13.8. The number of halogens is 1. The Labute approximate surface area is 97.9 Å². The number of benzene rings is 1. The van der Waals surface area contributed by atoms with Crippen LogP contribution >= 0.6 is 0 Å². The summed E-state index contributed by atoms with van der Waals surface area (Å²) in [7, 11) is 0. The fraction of sp³-hybridized carbons (Fsp3) is 0.571. The molecule has 1 aromatic carbocycles. The maximum absolute atomic E-state index is 13.0. The molecule has 0 saturated carbocycles. The van der Waals surface area contributed by atoms with Crippen LogP contribution in [-0.4, -0.2) is 6.04 Å². The summed E-state index contributed by atoms with van der Waals surface area (Å²) in [6.07, 6.45) is 2.84. The molecule has 0 fully saturated rings. The summed E-state index contributed by atoms with van der Waals surface area (Å²) in [5.41, 5.74) is 7.35. The lowest BCUT2D eigenvalue weighted by Crippen LogP contribution is -2.24. The predicted octanol–water partition coefficient (Wildman–Crippen LogP) is 3.52. The SMILES string of the molecule is CC(C)(C)CCC(N)Cc1cccc(F)c1. The summed E-state index contributed by atoms with van der Waals surface area (Å²) in [6.45, 7) is 6.63. The van der Waals surface area contributed by atoms with Gasteiger partial charge in [0, 0.05) is 6.04 Å². The van der Waals surface area contributed by atoms with E-state index >= 15 is 0 Å². The van der Waals surface area contributed by atoms with Gasteiger partial charge in [-0.15, -0.1) is 0 Å². The van der Waals surface area contributed by atoms with Gasteiger partial charge in [-0.25, -0.2) is 4.39 Å². The summed E-state index contributed by atoms with van der Waals surface area (Å²) in [6, 6.07) is 6.82. The van der Waals surface area contributed by atoms with E-state index in [-0.39, 0.29) is 11.9 Å². The standard InChI is InChI=1S/C14H22FN/c1-14(2,3)8-7-13(16)10-11-5-4-6-12(15)9-11/h4-6,9,13H,7-8,10,16H2,1-3H3. The van der Waals surface area contributed by atoms with Gasteiger partial charge in [0.1, 0.15) is 5.82 Å². The van der Waals surface area contributed by atoms with E-state index in [0.29, 0.717) is 5.41 Å². The first-order chi connectivity index (χ1) is 7.37. The van der Waals surface area contributed by atoms with Crippen molar-refractivity contribution in [2.75, 3.05) is 0 Å². The van der Waals surface area contributed by atoms with Crippen LogP contribution in [-0.2, 0) is 6.42 Å². The van der Waals surface area contributed by atoms with Crippen LogP contribution in [0.25, 0.3) is 0 Å². The van der Waals surface area contributed by atoms with Crippen molar-refractivity contribution in [1.82, 2.24) is 0 Å². The lowest BCUT2D eigenvalue weighted by molar-refractivity contribution is 0.347. The molecule has 0 aliphatic rings. The van der Waals surface area contributed by atoms with E-state index < -0.39 is 0 Å². The van der Waals surface area contributed by atoms with Crippen molar-refractivity contribution >= 4 is 0 Å². The van der Waals surface area contributed by atoms with Gasteiger partial charge in [-0.1, -0.05) is 32.9 Å². The zero-order chi connectivity index (χ0) is 12.2. The summed E-state index contributed by atoms with van der Waals surface area (Å²) in [5, 5.41) is 0. The van der Waals surface area contributed by atoms with Crippen molar-refractivity contribution in [3.63, 3.8) is 0 Å². The average Bonchev–Trinajstić information content (AvgIpc) is 2.14. The zero-order valence-corrected chi connectivity index (χ0v) is 10.5. The number of rotatable bonds is 4. The third-order valence-electron chi connectivity index (χ3n) is 2.65.